The number of ether oxygens (including phenoxy) is 1. The highest BCUT2D eigenvalue weighted by Gasteiger charge is 2.28. The summed E-state index contributed by atoms with van der Waals surface area (Å²) in [6.45, 7) is -1.15. The quantitative estimate of drug-likeness (QED) is 0.501. The third-order valence-electron chi connectivity index (χ3n) is 2.15. The van der Waals surface area contributed by atoms with Crippen molar-refractivity contribution in [2.24, 2.45) is 5.73 Å². The topological polar surface area (TPSA) is 116 Å². The molecule has 1 rings (SSSR count). The Morgan fingerprint density at radius 2 is 1.84 bits per heavy atom. The van der Waals surface area contributed by atoms with Crippen LogP contribution in [0.15, 0.2) is 30.3 Å². The van der Waals surface area contributed by atoms with Gasteiger partial charge in [-0.25, -0.2) is 4.79 Å². The van der Waals surface area contributed by atoms with E-state index >= 15 is 0 Å². The second-order valence-corrected chi connectivity index (χ2v) is 6.01. The Morgan fingerprint density at radius 3 is 2.21 bits per heavy atom. The molecule has 0 aliphatic rings. The number of hydrogen-bond donors (Lipinski definition) is 1. The first-order chi connectivity index (χ1) is 8.56. The Balaban J connectivity index is 0.000000555. The lowest BCUT2D eigenvalue weighted by Crippen LogP contribution is -2.46. The van der Waals surface area contributed by atoms with Gasteiger partial charge in [-0.05, 0) is 25.5 Å². The van der Waals surface area contributed by atoms with Crippen molar-refractivity contribution in [3.8, 4) is 5.75 Å². The molecule has 8 heteroatoms. The number of hydrogen-bond acceptors (Lipinski definition) is 6. The van der Waals surface area contributed by atoms with E-state index in [2.05, 4.69) is 11.2 Å². The molecule has 2 N–H and O–H groups in total. The summed E-state index contributed by atoms with van der Waals surface area (Å²) in [6.07, 6.45) is 0.554. The Bertz CT molecular complexity index is 437. The summed E-state index contributed by atoms with van der Waals surface area (Å²) in [5, 5.41) is 0. The average molecular weight is 308 g/mol. The second-order valence-electron chi connectivity index (χ2n) is 3.90. The van der Waals surface area contributed by atoms with Crippen LogP contribution in [-0.2, 0) is 9.36 Å². The van der Waals surface area contributed by atoms with Crippen LogP contribution in [0.4, 0.5) is 0 Å². The molecule has 0 radical (unpaired) electrons. The predicted molar refractivity (Wildman–Crippen MR) is 68.4 cm³/mol. The summed E-state index contributed by atoms with van der Waals surface area (Å²) in [7, 11) is 0. The van der Waals surface area contributed by atoms with Crippen LogP contribution in [-0.4, -0.2) is 11.5 Å². The van der Waals surface area contributed by atoms with E-state index < -0.39 is 18.5 Å². The van der Waals surface area contributed by atoms with Crippen LogP contribution in [0.1, 0.15) is 20.3 Å². The fourth-order valence-electron chi connectivity index (χ4n) is 0.856. The SMILES string of the molecule is CCC(C)(N)C(=O)Oc1ccccc1.O=P([O-])([O-])Cl. The van der Waals surface area contributed by atoms with Gasteiger partial charge in [0.25, 0.3) is 0 Å². The van der Waals surface area contributed by atoms with Crippen molar-refractivity contribution in [2.75, 3.05) is 0 Å². The maximum Gasteiger partial charge on any atom is 0.331 e. The van der Waals surface area contributed by atoms with E-state index in [1.54, 1.807) is 19.1 Å². The second kappa shape index (κ2) is 7.62. The molecule has 1 aromatic carbocycles. The summed E-state index contributed by atoms with van der Waals surface area (Å²) in [5.41, 5.74) is 4.83. The Hall–Kier alpha value is -0.910. The van der Waals surface area contributed by atoms with Gasteiger partial charge in [0.05, 0.1) is 0 Å². The standard InChI is InChI=1S/C11H15NO2.ClH2O3P/c1-3-11(2,12)10(13)14-9-7-5-4-6-8-9;1-5(2,3)4/h4-8H,3,12H2,1-2H3;(H2,2,3,4)/p-2. The summed E-state index contributed by atoms with van der Waals surface area (Å²) >= 11 is 3.97. The highest BCUT2D eigenvalue weighted by atomic mass is 35.7. The molecule has 0 fully saturated rings. The zero-order valence-corrected chi connectivity index (χ0v) is 12.2. The van der Waals surface area contributed by atoms with Gasteiger partial charge in [0.2, 0.25) is 0 Å². The van der Waals surface area contributed by atoms with E-state index in [0.717, 1.165) is 0 Å². The molecule has 0 aliphatic heterocycles. The van der Waals surface area contributed by atoms with E-state index in [9.17, 15) is 4.79 Å². The Labute approximate surface area is 116 Å². The molecule has 108 valence electrons. The lowest BCUT2D eigenvalue weighted by Gasteiger charge is -2.19. The molecule has 0 amide bonds. The van der Waals surface area contributed by atoms with Crippen LogP contribution >= 0.6 is 18.2 Å². The van der Waals surface area contributed by atoms with Crippen LogP contribution in [0.3, 0.4) is 0 Å². The number of carbonyl (C=O) groups is 1. The molecule has 0 aromatic heterocycles. The minimum absolute atomic E-state index is 0.397. The molecule has 0 aliphatic carbocycles. The number of rotatable bonds is 3. The van der Waals surface area contributed by atoms with Crippen molar-refractivity contribution >= 4 is 24.2 Å². The number of halogens is 1. The monoisotopic (exact) mass is 307 g/mol. The number of nitrogens with two attached hydrogens (primary N) is 1. The molecule has 19 heavy (non-hydrogen) atoms. The minimum Gasteiger partial charge on any atom is -0.799 e. The maximum atomic E-state index is 11.5. The first-order valence-corrected chi connectivity index (χ1v) is 7.79. The summed E-state index contributed by atoms with van der Waals surface area (Å²) in [5.74, 6) is 0.133. The van der Waals surface area contributed by atoms with Crippen molar-refractivity contribution < 1.29 is 23.9 Å². The van der Waals surface area contributed by atoms with Crippen molar-refractivity contribution in [3.05, 3.63) is 30.3 Å². The van der Waals surface area contributed by atoms with E-state index in [-0.39, 0.29) is 0 Å². The fourth-order valence-corrected chi connectivity index (χ4v) is 0.856. The molecule has 1 unspecified atom stereocenters. The number of benzene rings is 1. The maximum absolute atomic E-state index is 11.5. The molecule has 0 bridgehead atoms. The van der Waals surface area contributed by atoms with Gasteiger partial charge in [0.15, 0.2) is 0 Å². The van der Waals surface area contributed by atoms with E-state index in [1.807, 2.05) is 25.1 Å². The molecule has 0 heterocycles. The lowest BCUT2D eigenvalue weighted by atomic mass is 10.0. The van der Waals surface area contributed by atoms with Crippen LogP contribution in [0.2, 0.25) is 0 Å². The Morgan fingerprint density at radius 1 is 1.42 bits per heavy atom. The molecule has 0 spiro atoms. The van der Waals surface area contributed by atoms with Crippen LogP contribution in [0.5, 0.6) is 5.75 Å². The van der Waals surface area contributed by atoms with Crippen molar-refractivity contribution in [3.63, 3.8) is 0 Å². The van der Waals surface area contributed by atoms with Gasteiger partial charge in [-0.15, -0.1) is 0 Å². The van der Waals surface area contributed by atoms with Gasteiger partial charge >= 0.3 is 5.97 Å². The lowest BCUT2D eigenvalue weighted by molar-refractivity contribution is -0.304. The zero-order chi connectivity index (χ0) is 15.1. The molecule has 0 saturated carbocycles. The molecular formula is C11H15ClNO5P-2. The van der Waals surface area contributed by atoms with E-state index in [0.29, 0.717) is 12.2 Å². The predicted octanol–water partition coefficient (Wildman–Crippen LogP) is 0.773. The van der Waals surface area contributed by atoms with Gasteiger partial charge in [-0.2, -0.15) is 0 Å². The highest BCUT2D eigenvalue weighted by molar-refractivity contribution is 7.77. The van der Waals surface area contributed by atoms with Gasteiger partial charge in [-0.3, -0.25) is 0 Å². The third-order valence-corrected chi connectivity index (χ3v) is 2.15. The van der Waals surface area contributed by atoms with Gasteiger partial charge in [0, 0.05) is 6.95 Å². The van der Waals surface area contributed by atoms with Crippen LogP contribution < -0.4 is 20.3 Å². The zero-order valence-electron chi connectivity index (χ0n) is 10.5. The van der Waals surface area contributed by atoms with Gasteiger partial charge in [-0.1, -0.05) is 36.4 Å². The smallest absolute Gasteiger partial charge is 0.331 e. The third kappa shape index (κ3) is 9.64. The molecule has 1 aromatic rings. The summed E-state index contributed by atoms with van der Waals surface area (Å²) < 4.78 is 14.0. The normalized spacial score (nSPS) is 13.8. The van der Waals surface area contributed by atoms with Gasteiger partial charge in [0.1, 0.15) is 11.3 Å². The van der Waals surface area contributed by atoms with Crippen LogP contribution in [0, 0.1) is 0 Å². The van der Waals surface area contributed by atoms with Crippen molar-refractivity contribution in [2.45, 2.75) is 25.8 Å². The first-order valence-electron chi connectivity index (χ1n) is 5.34. The van der Waals surface area contributed by atoms with E-state index in [4.69, 9.17) is 24.8 Å². The summed E-state index contributed by atoms with van der Waals surface area (Å²) in [6, 6.07) is 8.93. The number of para-hydroxylation sites is 1. The molecule has 1 atom stereocenters. The Kier molecular flexibility index (Phi) is 7.26. The largest absolute Gasteiger partial charge is 0.799 e. The molecule has 6 nitrogen and oxygen atoms in total. The van der Waals surface area contributed by atoms with Crippen molar-refractivity contribution in [1.82, 2.24) is 0 Å². The van der Waals surface area contributed by atoms with Crippen molar-refractivity contribution in [1.29, 1.82) is 0 Å². The minimum atomic E-state index is -4.67. The number of esters is 1. The fraction of sp³-hybridized carbons (Fsp3) is 0.364. The molecular weight excluding hydrogens is 293 g/mol. The average Bonchev–Trinajstić information content (AvgIpc) is 2.28. The first kappa shape index (κ1) is 18.1. The molecule has 0 saturated heterocycles. The highest BCUT2D eigenvalue weighted by Crippen LogP contribution is 2.28. The van der Waals surface area contributed by atoms with Crippen LogP contribution in [0.25, 0.3) is 0 Å². The van der Waals surface area contributed by atoms with E-state index in [1.165, 1.54) is 0 Å². The summed E-state index contributed by atoms with van der Waals surface area (Å²) in [4.78, 5) is 29.3. The number of carbonyl (C=O) groups excluding carboxylic acids is 1. The van der Waals surface area contributed by atoms with Gasteiger partial charge < -0.3 is 24.8 Å².